The number of methoxy groups -OCH3 is 1. The van der Waals surface area contributed by atoms with Gasteiger partial charge in [0.25, 0.3) is 0 Å². The summed E-state index contributed by atoms with van der Waals surface area (Å²) in [5.74, 6) is 0. The van der Waals surface area contributed by atoms with Gasteiger partial charge in [-0.2, -0.15) is 5.10 Å². The van der Waals surface area contributed by atoms with Crippen LogP contribution in [0.4, 0.5) is 0 Å². The molecular weight excluding hydrogens is 228 g/mol. The number of ether oxygens (including phenoxy) is 1. The van der Waals surface area contributed by atoms with Crippen LogP contribution in [0.3, 0.4) is 0 Å². The van der Waals surface area contributed by atoms with Gasteiger partial charge in [0.15, 0.2) is 0 Å². The molecule has 0 atom stereocenters. The molecule has 0 aliphatic carbocycles. The Balaban J connectivity index is 2.06. The lowest BCUT2D eigenvalue weighted by molar-refractivity contribution is 0.199. The number of nitrogens with one attached hydrogen (secondary N) is 2. The van der Waals surface area contributed by atoms with Gasteiger partial charge in [-0.25, -0.2) is 0 Å². The Morgan fingerprint density at radius 2 is 2.06 bits per heavy atom. The molecule has 0 radical (unpaired) electrons. The Labute approximate surface area is 110 Å². The van der Waals surface area contributed by atoms with Gasteiger partial charge in [0.05, 0.1) is 18.0 Å². The molecule has 0 saturated heterocycles. The maximum atomic E-state index is 4.97. The first-order valence-corrected chi connectivity index (χ1v) is 6.71. The third kappa shape index (κ3) is 5.62. The first-order valence-electron chi connectivity index (χ1n) is 6.71. The van der Waals surface area contributed by atoms with Crippen LogP contribution in [0.5, 0.6) is 0 Å². The molecule has 0 aromatic carbocycles. The molecular formula is C13H26N4O. The second kappa shape index (κ2) is 9.08. The van der Waals surface area contributed by atoms with Crippen molar-refractivity contribution in [1.82, 2.24) is 20.4 Å². The van der Waals surface area contributed by atoms with Gasteiger partial charge in [-0.1, -0.05) is 0 Å². The van der Waals surface area contributed by atoms with E-state index in [2.05, 4.69) is 33.4 Å². The SMILES string of the molecule is CCn1nc(C)cc1CNCCCNCCOC. The largest absolute Gasteiger partial charge is 0.383 e. The van der Waals surface area contributed by atoms with Crippen LogP contribution < -0.4 is 10.6 Å². The van der Waals surface area contributed by atoms with Crippen molar-refractivity contribution in [3.05, 3.63) is 17.5 Å². The molecule has 104 valence electrons. The van der Waals surface area contributed by atoms with Gasteiger partial charge in [-0.05, 0) is 39.4 Å². The Hall–Kier alpha value is -0.910. The number of hydrogen-bond acceptors (Lipinski definition) is 4. The van der Waals surface area contributed by atoms with Crippen molar-refractivity contribution in [2.45, 2.75) is 33.4 Å². The molecule has 18 heavy (non-hydrogen) atoms. The lowest BCUT2D eigenvalue weighted by Crippen LogP contribution is -2.24. The van der Waals surface area contributed by atoms with Crippen molar-refractivity contribution in [1.29, 1.82) is 0 Å². The molecule has 1 aromatic rings. The zero-order valence-electron chi connectivity index (χ0n) is 11.8. The average molecular weight is 254 g/mol. The molecule has 5 nitrogen and oxygen atoms in total. The minimum atomic E-state index is 0.780. The molecule has 0 spiro atoms. The smallest absolute Gasteiger partial charge is 0.0597 e. The Kier molecular flexibility index (Phi) is 7.64. The second-order valence-corrected chi connectivity index (χ2v) is 4.37. The monoisotopic (exact) mass is 254 g/mol. The highest BCUT2D eigenvalue weighted by Crippen LogP contribution is 2.02. The van der Waals surface area contributed by atoms with Gasteiger partial charge in [0.2, 0.25) is 0 Å². The number of rotatable bonds is 10. The van der Waals surface area contributed by atoms with Crippen LogP contribution in [-0.2, 0) is 17.8 Å². The van der Waals surface area contributed by atoms with Gasteiger partial charge in [-0.15, -0.1) is 0 Å². The number of aromatic nitrogens is 2. The predicted molar refractivity (Wildman–Crippen MR) is 73.7 cm³/mol. The fourth-order valence-electron chi connectivity index (χ4n) is 1.87. The molecule has 1 aromatic heterocycles. The van der Waals surface area contributed by atoms with E-state index in [-0.39, 0.29) is 0 Å². The molecule has 1 heterocycles. The van der Waals surface area contributed by atoms with Crippen molar-refractivity contribution in [2.75, 3.05) is 33.4 Å². The minimum Gasteiger partial charge on any atom is -0.383 e. The summed E-state index contributed by atoms with van der Waals surface area (Å²) in [4.78, 5) is 0. The number of aryl methyl sites for hydroxylation is 2. The van der Waals surface area contributed by atoms with E-state index in [0.717, 1.165) is 51.4 Å². The van der Waals surface area contributed by atoms with Crippen LogP contribution >= 0.6 is 0 Å². The van der Waals surface area contributed by atoms with Crippen LogP contribution in [0.25, 0.3) is 0 Å². The van der Waals surface area contributed by atoms with E-state index in [1.54, 1.807) is 7.11 Å². The lowest BCUT2D eigenvalue weighted by atomic mass is 10.3. The number of hydrogen-bond donors (Lipinski definition) is 2. The first-order chi connectivity index (χ1) is 8.77. The summed E-state index contributed by atoms with van der Waals surface area (Å²) >= 11 is 0. The molecule has 0 aliphatic rings. The van der Waals surface area contributed by atoms with Crippen LogP contribution in [-0.4, -0.2) is 43.1 Å². The quantitative estimate of drug-likeness (QED) is 0.610. The third-order valence-electron chi connectivity index (χ3n) is 2.78. The van der Waals surface area contributed by atoms with Gasteiger partial charge in [-0.3, -0.25) is 4.68 Å². The molecule has 5 heteroatoms. The van der Waals surface area contributed by atoms with E-state index < -0.39 is 0 Å². The van der Waals surface area contributed by atoms with Crippen molar-refractivity contribution >= 4 is 0 Å². The summed E-state index contributed by atoms with van der Waals surface area (Å²) in [5, 5.41) is 11.2. The van der Waals surface area contributed by atoms with Gasteiger partial charge in [0, 0.05) is 26.7 Å². The fourth-order valence-corrected chi connectivity index (χ4v) is 1.87. The minimum absolute atomic E-state index is 0.780. The summed E-state index contributed by atoms with van der Waals surface area (Å²) < 4.78 is 7.02. The maximum Gasteiger partial charge on any atom is 0.0597 e. The standard InChI is InChI=1S/C13H26N4O/c1-4-17-13(10-12(2)16-17)11-15-7-5-6-14-8-9-18-3/h10,14-15H,4-9,11H2,1-3H3. The first kappa shape index (κ1) is 15.1. The van der Waals surface area contributed by atoms with Gasteiger partial charge in [0.1, 0.15) is 0 Å². The summed E-state index contributed by atoms with van der Waals surface area (Å²) in [6, 6.07) is 2.15. The maximum absolute atomic E-state index is 4.97. The molecule has 1 rings (SSSR count). The van der Waals surface area contributed by atoms with Crippen molar-refractivity contribution in [3.8, 4) is 0 Å². The molecule has 0 unspecified atom stereocenters. The summed E-state index contributed by atoms with van der Waals surface area (Å²) in [5.41, 5.74) is 2.36. The van der Waals surface area contributed by atoms with E-state index in [1.807, 2.05) is 6.92 Å². The summed E-state index contributed by atoms with van der Waals surface area (Å²) in [6.07, 6.45) is 1.13. The predicted octanol–water partition coefficient (Wildman–Crippen LogP) is 0.927. The highest BCUT2D eigenvalue weighted by Gasteiger charge is 2.02. The summed E-state index contributed by atoms with van der Waals surface area (Å²) in [6.45, 7) is 9.75. The van der Waals surface area contributed by atoms with Crippen molar-refractivity contribution in [3.63, 3.8) is 0 Å². The van der Waals surface area contributed by atoms with Crippen LogP contribution in [0.1, 0.15) is 24.7 Å². The summed E-state index contributed by atoms with van der Waals surface area (Å²) in [7, 11) is 1.72. The molecule has 0 saturated carbocycles. The molecule has 0 fully saturated rings. The topological polar surface area (TPSA) is 51.1 Å². The van der Waals surface area contributed by atoms with E-state index >= 15 is 0 Å². The molecule has 0 bridgehead atoms. The highest BCUT2D eigenvalue weighted by molar-refractivity contribution is 5.08. The lowest BCUT2D eigenvalue weighted by Gasteiger charge is -2.07. The van der Waals surface area contributed by atoms with Crippen LogP contribution in [0.15, 0.2) is 6.07 Å². The van der Waals surface area contributed by atoms with Gasteiger partial charge >= 0.3 is 0 Å². The Morgan fingerprint density at radius 3 is 2.78 bits per heavy atom. The average Bonchev–Trinajstić information content (AvgIpc) is 2.73. The highest BCUT2D eigenvalue weighted by atomic mass is 16.5. The van der Waals surface area contributed by atoms with Crippen molar-refractivity contribution < 1.29 is 4.74 Å². The molecule has 2 N–H and O–H groups in total. The Morgan fingerprint density at radius 1 is 1.28 bits per heavy atom. The van der Waals surface area contributed by atoms with E-state index in [0.29, 0.717) is 0 Å². The zero-order chi connectivity index (χ0) is 13.2. The van der Waals surface area contributed by atoms with Crippen LogP contribution in [0.2, 0.25) is 0 Å². The zero-order valence-corrected chi connectivity index (χ0v) is 11.8. The third-order valence-corrected chi connectivity index (χ3v) is 2.78. The second-order valence-electron chi connectivity index (χ2n) is 4.37. The van der Waals surface area contributed by atoms with E-state index in [9.17, 15) is 0 Å². The number of nitrogens with zero attached hydrogens (tertiary/aromatic N) is 2. The molecule has 0 aliphatic heterocycles. The van der Waals surface area contributed by atoms with Crippen molar-refractivity contribution in [2.24, 2.45) is 0 Å². The Bertz CT molecular complexity index is 325. The van der Waals surface area contributed by atoms with E-state index in [4.69, 9.17) is 4.74 Å². The normalized spacial score (nSPS) is 11.1. The fraction of sp³-hybridized carbons (Fsp3) is 0.769. The van der Waals surface area contributed by atoms with Crippen LogP contribution in [0, 0.1) is 6.92 Å². The molecule has 0 amide bonds. The van der Waals surface area contributed by atoms with Gasteiger partial charge < -0.3 is 15.4 Å². The van der Waals surface area contributed by atoms with E-state index in [1.165, 1.54) is 5.69 Å².